The van der Waals surface area contributed by atoms with E-state index in [0.717, 1.165) is 22.4 Å². The molecule has 21 heavy (non-hydrogen) atoms. The minimum atomic E-state index is -0.331. The van der Waals surface area contributed by atoms with Gasteiger partial charge < -0.3 is 9.47 Å². The van der Waals surface area contributed by atoms with Gasteiger partial charge in [-0.1, -0.05) is 12.1 Å². The van der Waals surface area contributed by atoms with Gasteiger partial charge in [-0.3, -0.25) is 0 Å². The summed E-state index contributed by atoms with van der Waals surface area (Å²) < 4.78 is 24.6. The molecule has 2 aromatic carbocycles. The summed E-state index contributed by atoms with van der Waals surface area (Å²) >= 11 is 5.84. The Bertz CT molecular complexity index is 618. The Balaban J connectivity index is 2.17. The van der Waals surface area contributed by atoms with Gasteiger partial charge in [0.1, 0.15) is 23.9 Å². The molecule has 0 aliphatic heterocycles. The van der Waals surface area contributed by atoms with Crippen molar-refractivity contribution < 1.29 is 13.9 Å². The Morgan fingerprint density at radius 1 is 1.10 bits per heavy atom. The van der Waals surface area contributed by atoms with Crippen molar-refractivity contribution in [2.24, 2.45) is 0 Å². The van der Waals surface area contributed by atoms with Gasteiger partial charge in [-0.25, -0.2) is 4.39 Å². The van der Waals surface area contributed by atoms with Crippen LogP contribution in [-0.4, -0.2) is 7.11 Å². The van der Waals surface area contributed by atoms with E-state index in [9.17, 15) is 4.39 Å². The molecule has 0 amide bonds. The average molecular weight is 309 g/mol. The first-order chi connectivity index (χ1) is 10.0. The number of hydrogen-bond acceptors (Lipinski definition) is 2. The van der Waals surface area contributed by atoms with Gasteiger partial charge in [0, 0.05) is 17.5 Å². The van der Waals surface area contributed by atoms with Crippen LogP contribution in [0.3, 0.4) is 0 Å². The maximum Gasteiger partial charge on any atom is 0.133 e. The predicted molar refractivity (Wildman–Crippen MR) is 82.8 cm³/mol. The smallest absolute Gasteiger partial charge is 0.133 e. The Labute approximate surface area is 129 Å². The summed E-state index contributed by atoms with van der Waals surface area (Å²) in [6, 6.07) is 8.72. The molecule has 4 heteroatoms. The Kier molecular flexibility index (Phi) is 5.07. The number of aryl methyl sites for hydroxylation is 2. The largest absolute Gasteiger partial charge is 0.497 e. The van der Waals surface area contributed by atoms with Crippen LogP contribution in [0.4, 0.5) is 4.39 Å². The van der Waals surface area contributed by atoms with Gasteiger partial charge in [-0.05, 0) is 42.7 Å². The van der Waals surface area contributed by atoms with Crippen LogP contribution in [0.5, 0.6) is 11.5 Å². The summed E-state index contributed by atoms with van der Waals surface area (Å²) in [7, 11) is 1.51. The number of benzene rings is 2. The molecule has 0 spiro atoms. The van der Waals surface area contributed by atoms with Gasteiger partial charge in [-0.2, -0.15) is 0 Å². The van der Waals surface area contributed by atoms with Crippen molar-refractivity contribution in [1.29, 1.82) is 0 Å². The third kappa shape index (κ3) is 3.67. The highest BCUT2D eigenvalue weighted by molar-refractivity contribution is 6.17. The molecule has 0 atom stereocenters. The summed E-state index contributed by atoms with van der Waals surface area (Å²) in [4.78, 5) is 0. The normalized spacial score (nSPS) is 10.5. The molecule has 0 saturated carbocycles. The minimum absolute atomic E-state index is 0.178. The lowest BCUT2D eigenvalue weighted by molar-refractivity contribution is 0.295. The molecule has 0 saturated heterocycles. The molecule has 112 valence electrons. The zero-order valence-electron chi connectivity index (χ0n) is 12.4. The molecular weight excluding hydrogens is 291 g/mol. The van der Waals surface area contributed by atoms with Crippen molar-refractivity contribution in [2.75, 3.05) is 7.11 Å². The molecule has 0 N–H and O–H groups in total. The monoisotopic (exact) mass is 308 g/mol. The van der Waals surface area contributed by atoms with Crippen LogP contribution >= 0.6 is 11.6 Å². The van der Waals surface area contributed by atoms with Gasteiger partial charge in [0.25, 0.3) is 0 Å². The minimum Gasteiger partial charge on any atom is -0.497 e. The van der Waals surface area contributed by atoms with Crippen molar-refractivity contribution in [3.63, 3.8) is 0 Å². The van der Waals surface area contributed by atoms with Gasteiger partial charge in [0.05, 0.1) is 7.11 Å². The molecule has 0 aromatic heterocycles. The van der Waals surface area contributed by atoms with Crippen LogP contribution in [0.25, 0.3) is 0 Å². The number of hydrogen-bond donors (Lipinski definition) is 0. The van der Waals surface area contributed by atoms with Crippen LogP contribution in [0.15, 0.2) is 30.3 Å². The lowest BCUT2D eigenvalue weighted by atomic mass is 10.1. The number of methoxy groups -OCH3 is 1. The van der Waals surface area contributed by atoms with Gasteiger partial charge in [-0.15, -0.1) is 11.6 Å². The summed E-state index contributed by atoms with van der Waals surface area (Å²) in [6.07, 6.45) is 0. The predicted octanol–water partition coefficient (Wildman–Crippen LogP) is 4.77. The van der Waals surface area contributed by atoms with Crippen LogP contribution < -0.4 is 9.47 Å². The van der Waals surface area contributed by atoms with Gasteiger partial charge in [0.2, 0.25) is 0 Å². The molecule has 0 aliphatic carbocycles. The second-order valence-corrected chi connectivity index (χ2v) is 5.21. The fourth-order valence-corrected chi connectivity index (χ4v) is 2.42. The molecule has 0 fully saturated rings. The standard InChI is InChI=1S/C17H18ClFO2/c1-11-6-13(9-18)7-12(2)17(11)21-10-14-4-5-15(20-3)8-16(14)19/h4-8H,9-10H2,1-3H3. The topological polar surface area (TPSA) is 18.5 Å². The van der Waals surface area contributed by atoms with Crippen molar-refractivity contribution in [2.45, 2.75) is 26.3 Å². The molecule has 0 aliphatic rings. The third-order valence-electron chi connectivity index (χ3n) is 3.31. The molecule has 2 rings (SSSR count). The van der Waals surface area contributed by atoms with Crippen LogP contribution in [-0.2, 0) is 12.5 Å². The van der Waals surface area contributed by atoms with Crippen molar-refractivity contribution >= 4 is 11.6 Å². The summed E-state index contributed by atoms with van der Waals surface area (Å²) in [5.41, 5.74) is 3.55. The fraction of sp³-hybridized carbons (Fsp3) is 0.294. The average Bonchev–Trinajstić information content (AvgIpc) is 2.47. The molecule has 0 heterocycles. The van der Waals surface area contributed by atoms with E-state index in [2.05, 4.69) is 0 Å². The zero-order chi connectivity index (χ0) is 15.4. The van der Waals surface area contributed by atoms with Crippen LogP contribution in [0, 0.1) is 19.7 Å². The first-order valence-electron chi connectivity index (χ1n) is 6.66. The Morgan fingerprint density at radius 2 is 1.76 bits per heavy atom. The second kappa shape index (κ2) is 6.81. The SMILES string of the molecule is COc1ccc(COc2c(C)cc(CCl)cc2C)c(F)c1. The number of rotatable bonds is 5. The van der Waals surface area contributed by atoms with Crippen LogP contribution in [0.2, 0.25) is 0 Å². The highest BCUT2D eigenvalue weighted by Gasteiger charge is 2.09. The number of alkyl halides is 1. The maximum atomic E-state index is 13.9. The molecule has 2 nitrogen and oxygen atoms in total. The number of ether oxygens (including phenoxy) is 2. The van der Waals surface area contributed by atoms with Crippen molar-refractivity contribution in [1.82, 2.24) is 0 Å². The summed E-state index contributed by atoms with van der Waals surface area (Å²) in [5.74, 6) is 1.41. The van der Waals surface area contributed by atoms with E-state index in [0.29, 0.717) is 17.2 Å². The Hall–Kier alpha value is -1.74. The lowest BCUT2D eigenvalue weighted by Crippen LogP contribution is -2.02. The van der Waals surface area contributed by atoms with E-state index < -0.39 is 0 Å². The highest BCUT2D eigenvalue weighted by atomic mass is 35.5. The lowest BCUT2D eigenvalue weighted by Gasteiger charge is -2.14. The molecule has 0 unspecified atom stereocenters. The van der Waals surface area contributed by atoms with Crippen molar-refractivity contribution in [3.8, 4) is 11.5 Å². The maximum absolute atomic E-state index is 13.9. The van der Waals surface area contributed by atoms with E-state index >= 15 is 0 Å². The van der Waals surface area contributed by atoms with E-state index in [1.165, 1.54) is 13.2 Å². The second-order valence-electron chi connectivity index (χ2n) is 4.94. The van der Waals surface area contributed by atoms with E-state index in [1.54, 1.807) is 12.1 Å². The van der Waals surface area contributed by atoms with Crippen molar-refractivity contribution in [3.05, 3.63) is 58.4 Å². The van der Waals surface area contributed by atoms with E-state index in [-0.39, 0.29) is 12.4 Å². The van der Waals surface area contributed by atoms with Gasteiger partial charge >= 0.3 is 0 Å². The number of halogens is 2. The first kappa shape index (κ1) is 15.6. The fourth-order valence-electron chi connectivity index (χ4n) is 2.27. The Morgan fingerprint density at radius 3 is 2.29 bits per heavy atom. The van der Waals surface area contributed by atoms with Crippen LogP contribution in [0.1, 0.15) is 22.3 Å². The zero-order valence-corrected chi connectivity index (χ0v) is 13.1. The summed E-state index contributed by atoms with van der Waals surface area (Å²) in [6.45, 7) is 4.10. The quantitative estimate of drug-likeness (QED) is 0.741. The molecule has 0 radical (unpaired) electrons. The molecule has 0 bridgehead atoms. The van der Waals surface area contributed by atoms with Gasteiger partial charge in [0.15, 0.2) is 0 Å². The molecule has 2 aromatic rings. The molecular formula is C17H18ClFO2. The summed E-state index contributed by atoms with van der Waals surface area (Å²) in [5, 5.41) is 0. The highest BCUT2D eigenvalue weighted by Crippen LogP contribution is 2.27. The van der Waals surface area contributed by atoms with E-state index in [1.807, 2.05) is 26.0 Å². The van der Waals surface area contributed by atoms with E-state index in [4.69, 9.17) is 21.1 Å². The third-order valence-corrected chi connectivity index (χ3v) is 3.62. The first-order valence-corrected chi connectivity index (χ1v) is 7.20.